The van der Waals surface area contributed by atoms with Crippen LogP contribution in [0.25, 0.3) is 0 Å². The van der Waals surface area contributed by atoms with E-state index >= 15 is 0 Å². The molecule has 1 aromatic carbocycles. The molecule has 108 valence electrons. The summed E-state index contributed by atoms with van der Waals surface area (Å²) in [5.41, 5.74) is 0.400. The van der Waals surface area contributed by atoms with Crippen molar-refractivity contribution in [2.75, 3.05) is 26.1 Å². The third-order valence-corrected chi connectivity index (χ3v) is 2.60. The van der Waals surface area contributed by atoms with Gasteiger partial charge < -0.3 is 14.4 Å². The molecule has 8 heteroatoms. The van der Waals surface area contributed by atoms with E-state index in [1.807, 2.05) is 6.07 Å². The zero-order valence-corrected chi connectivity index (χ0v) is 12.4. The molecule has 1 aromatic heterocycles. The minimum absolute atomic E-state index is 0.0205. The molecule has 0 aliphatic carbocycles. The predicted molar refractivity (Wildman–Crippen MR) is 76.9 cm³/mol. The number of ether oxygens (including phenoxy) is 2. The van der Waals surface area contributed by atoms with E-state index in [1.165, 1.54) is 7.11 Å². The number of nitrogens with zero attached hydrogens (tertiary/aromatic N) is 5. The molecule has 0 fully saturated rings. The van der Waals surface area contributed by atoms with Crippen molar-refractivity contribution in [3.05, 3.63) is 29.0 Å². The first-order chi connectivity index (χ1) is 10.0. The topological polar surface area (TPSA) is 84.2 Å². The summed E-state index contributed by atoms with van der Waals surface area (Å²) in [4.78, 5) is 13.6. The van der Waals surface area contributed by atoms with Gasteiger partial charge in [-0.25, -0.2) is 0 Å². The number of halogens is 1. The lowest BCUT2D eigenvalue weighted by atomic mass is 10.2. The summed E-state index contributed by atoms with van der Waals surface area (Å²) < 4.78 is 10.6. The minimum Gasteiger partial charge on any atom is -0.497 e. The van der Waals surface area contributed by atoms with E-state index in [0.29, 0.717) is 23.0 Å². The molecule has 0 aliphatic heterocycles. The first-order valence-corrected chi connectivity index (χ1v) is 6.25. The van der Waals surface area contributed by atoms with Crippen LogP contribution < -0.4 is 14.4 Å². The van der Waals surface area contributed by atoms with E-state index in [1.54, 1.807) is 37.2 Å². The molecule has 0 atom stereocenters. The molecule has 0 aliphatic rings. The molecule has 21 heavy (non-hydrogen) atoms. The second-order valence-corrected chi connectivity index (χ2v) is 4.53. The van der Waals surface area contributed by atoms with Gasteiger partial charge in [0.2, 0.25) is 11.2 Å². The second kappa shape index (κ2) is 6.24. The van der Waals surface area contributed by atoms with Crippen LogP contribution in [0, 0.1) is 11.3 Å². The highest BCUT2D eigenvalue weighted by Crippen LogP contribution is 2.26. The molecule has 0 spiro atoms. The predicted octanol–water partition coefficient (Wildman–Crippen LogP) is 2.26. The summed E-state index contributed by atoms with van der Waals surface area (Å²) in [5.74, 6) is 1.24. The second-order valence-electron chi connectivity index (χ2n) is 4.19. The minimum atomic E-state index is 0.0205. The van der Waals surface area contributed by atoms with E-state index in [0.717, 1.165) is 0 Å². The first kappa shape index (κ1) is 14.8. The lowest BCUT2D eigenvalue weighted by Crippen LogP contribution is -2.13. The highest BCUT2D eigenvalue weighted by Gasteiger charge is 2.10. The van der Waals surface area contributed by atoms with Gasteiger partial charge in [0.15, 0.2) is 0 Å². The van der Waals surface area contributed by atoms with Crippen LogP contribution in [0.3, 0.4) is 0 Å². The average molecular weight is 306 g/mol. The molecular weight excluding hydrogens is 294 g/mol. The quantitative estimate of drug-likeness (QED) is 0.856. The van der Waals surface area contributed by atoms with Gasteiger partial charge in [-0.15, -0.1) is 0 Å². The van der Waals surface area contributed by atoms with Crippen LogP contribution in [0.2, 0.25) is 5.28 Å². The molecule has 2 rings (SSSR count). The van der Waals surface area contributed by atoms with Crippen LogP contribution in [0.1, 0.15) is 5.56 Å². The van der Waals surface area contributed by atoms with Crippen LogP contribution >= 0.6 is 11.6 Å². The van der Waals surface area contributed by atoms with Crippen molar-refractivity contribution in [2.45, 2.75) is 0 Å². The summed E-state index contributed by atoms with van der Waals surface area (Å²) in [7, 11) is 5.05. The number of benzene rings is 1. The van der Waals surface area contributed by atoms with Gasteiger partial charge in [-0.2, -0.15) is 20.2 Å². The van der Waals surface area contributed by atoms with Gasteiger partial charge in [0.1, 0.15) is 11.5 Å². The number of nitriles is 1. The maximum absolute atomic E-state index is 8.98. The highest BCUT2D eigenvalue weighted by molar-refractivity contribution is 6.28. The Morgan fingerprint density at radius 1 is 1.14 bits per heavy atom. The molecule has 2 aromatic rings. The molecule has 0 radical (unpaired) electrons. The van der Waals surface area contributed by atoms with Crippen LogP contribution in [-0.2, 0) is 0 Å². The Morgan fingerprint density at radius 2 is 1.86 bits per heavy atom. The Balaban J connectivity index is 2.36. The van der Waals surface area contributed by atoms with E-state index < -0.39 is 0 Å². The summed E-state index contributed by atoms with van der Waals surface area (Å²) in [6.45, 7) is 0. The van der Waals surface area contributed by atoms with Gasteiger partial charge in [-0.05, 0) is 23.7 Å². The van der Waals surface area contributed by atoms with Gasteiger partial charge in [-0.3, -0.25) is 0 Å². The van der Waals surface area contributed by atoms with Crippen molar-refractivity contribution in [1.82, 2.24) is 15.0 Å². The number of anilines is 1. The maximum Gasteiger partial charge on any atom is 0.328 e. The van der Waals surface area contributed by atoms with E-state index in [4.69, 9.17) is 26.3 Å². The molecule has 0 bridgehead atoms. The molecular formula is C13H12ClN5O2. The van der Waals surface area contributed by atoms with Crippen LogP contribution in [0.4, 0.5) is 5.95 Å². The maximum atomic E-state index is 8.98. The molecule has 0 N–H and O–H groups in total. The molecule has 0 saturated heterocycles. The largest absolute Gasteiger partial charge is 0.497 e. The summed E-state index contributed by atoms with van der Waals surface area (Å²) >= 11 is 5.83. The number of hydrogen-bond acceptors (Lipinski definition) is 7. The lowest BCUT2D eigenvalue weighted by Gasteiger charge is -2.11. The van der Waals surface area contributed by atoms with E-state index in [-0.39, 0.29) is 11.3 Å². The van der Waals surface area contributed by atoms with Gasteiger partial charge in [0.05, 0.1) is 18.7 Å². The smallest absolute Gasteiger partial charge is 0.328 e. The Hall–Kier alpha value is -2.59. The Morgan fingerprint density at radius 3 is 2.48 bits per heavy atom. The van der Waals surface area contributed by atoms with E-state index in [2.05, 4.69) is 15.0 Å². The monoisotopic (exact) mass is 305 g/mol. The Labute approximate surface area is 126 Å². The van der Waals surface area contributed by atoms with Gasteiger partial charge in [-0.1, -0.05) is 0 Å². The fraction of sp³-hybridized carbons (Fsp3) is 0.231. The molecule has 0 saturated carbocycles. The third kappa shape index (κ3) is 3.70. The number of aromatic nitrogens is 3. The van der Waals surface area contributed by atoms with Gasteiger partial charge in [0, 0.05) is 20.2 Å². The third-order valence-electron chi connectivity index (χ3n) is 2.43. The standard InChI is InChI=1S/C13H12ClN5O2/c1-19(2)12-16-11(14)17-13(18-12)21-10-5-8(7-15)4-9(6-10)20-3/h4-6H,1-3H3. The lowest BCUT2D eigenvalue weighted by molar-refractivity contribution is 0.403. The van der Waals surface area contributed by atoms with Crippen LogP contribution in [0.5, 0.6) is 17.5 Å². The molecule has 1 heterocycles. The normalized spacial score (nSPS) is 9.86. The first-order valence-electron chi connectivity index (χ1n) is 5.87. The number of methoxy groups -OCH3 is 1. The Bertz CT molecular complexity index is 699. The fourth-order valence-corrected chi connectivity index (χ4v) is 1.63. The van der Waals surface area contributed by atoms with Gasteiger partial charge >= 0.3 is 6.01 Å². The summed E-state index contributed by atoms with van der Waals surface area (Å²) in [6, 6.07) is 6.82. The summed E-state index contributed by atoms with van der Waals surface area (Å²) in [6.07, 6.45) is 0. The number of rotatable bonds is 4. The average Bonchev–Trinajstić information content (AvgIpc) is 2.46. The van der Waals surface area contributed by atoms with Crippen molar-refractivity contribution in [3.8, 4) is 23.6 Å². The van der Waals surface area contributed by atoms with Crippen LogP contribution in [-0.4, -0.2) is 36.2 Å². The van der Waals surface area contributed by atoms with E-state index in [9.17, 15) is 0 Å². The fourth-order valence-electron chi connectivity index (χ4n) is 1.49. The summed E-state index contributed by atoms with van der Waals surface area (Å²) in [5, 5.41) is 9.00. The van der Waals surface area contributed by atoms with Crippen LogP contribution in [0.15, 0.2) is 18.2 Å². The van der Waals surface area contributed by atoms with Gasteiger partial charge in [0.25, 0.3) is 0 Å². The van der Waals surface area contributed by atoms with Crippen molar-refractivity contribution in [1.29, 1.82) is 5.26 Å². The van der Waals surface area contributed by atoms with Crippen molar-refractivity contribution in [3.63, 3.8) is 0 Å². The van der Waals surface area contributed by atoms with Crippen molar-refractivity contribution in [2.24, 2.45) is 0 Å². The molecule has 0 unspecified atom stereocenters. The SMILES string of the molecule is COc1cc(C#N)cc(Oc2nc(Cl)nc(N(C)C)n2)c1. The van der Waals surface area contributed by atoms with Crippen molar-refractivity contribution < 1.29 is 9.47 Å². The van der Waals surface area contributed by atoms with Crippen molar-refractivity contribution >= 4 is 17.5 Å². The number of hydrogen-bond donors (Lipinski definition) is 0. The molecule has 0 amide bonds. The zero-order valence-electron chi connectivity index (χ0n) is 11.7. The highest BCUT2D eigenvalue weighted by atomic mass is 35.5. The Kier molecular flexibility index (Phi) is 4.40. The molecule has 7 nitrogen and oxygen atoms in total. The zero-order chi connectivity index (χ0) is 15.4.